The van der Waals surface area contributed by atoms with Gasteiger partial charge in [0, 0.05) is 11.5 Å². The normalized spacial score (nSPS) is 21.9. The zero-order chi connectivity index (χ0) is 15.1. The van der Waals surface area contributed by atoms with Crippen LogP contribution < -0.4 is 0 Å². The first-order valence-corrected chi connectivity index (χ1v) is 7.48. The first kappa shape index (κ1) is 15.3. The van der Waals surface area contributed by atoms with Gasteiger partial charge in [-0.1, -0.05) is 67.6 Å². The predicted molar refractivity (Wildman–Crippen MR) is 86.6 cm³/mol. The SMILES string of the molecule is CCOC(=O)C1=C[C@H](/C=C/c2ccccc2)C(C)C=CC1. The van der Waals surface area contributed by atoms with Gasteiger partial charge in [0.25, 0.3) is 0 Å². The van der Waals surface area contributed by atoms with Gasteiger partial charge < -0.3 is 4.74 Å². The highest BCUT2D eigenvalue weighted by molar-refractivity contribution is 5.89. The Labute approximate surface area is 126 Å². The Kier molecular flexibility index (Phi) is 5.56. The van der Waals surface area contributed by atoms with Crippen LogP contribution >= 0.6 is 0 Å². The number of hydrogen-bond acceptors (Lipinski definition) is 2. The smallest absolute Gasteiger partial charge is 0.334 e. The van der Waals surface area contributed by atoms with Gasteiger partial charge in [0.2, 0.25) is 0 Å². The zero-order valence-electron chi connectivity index (χ0n) is 12.7. The van der Waals surface area contributed by atoms with Gasteiger partial charge in [0.15, 0.2) is 0 Å². The molecule has 0 spiro atoms. The maximum absolute atomic E-state index is 11.9. The highest BCUT2D eigenvalue weighted by Crippen LogP contribution is 2.25. The van der Waals surface area contributed by atoms with E-state index in [1.807, 2.05) is 31.2 Å². The third-order valence-electron chi connectivity index (χ3n) is 3.63. The van der Waals surface area contributed by atoms with Gasteiger partial charge in [-0.2, -0.15) is 0 Å². The molecule has 1 unspecified atom stereocenters. The van der Waals surface area contributed by atoms with Crippen LogP contribution in [0.3, 0.4) is 0 Å². The number of ether oxygens (including phenoxy) is 1. The van der Waals surface area contributed by atoms with Gasteiger partial charge in [-0.3, -0.25) is 0 Å². The van der Waals surface area contributed by atoms with Crippen LogP contribution in [0.15, 0.2) is 60.2 Å². The van der Waals surface area contributed by atoms with E-state index in [0.717, 1.165) is 5.57 Å². The van der Waals surface area contributed by atoms with Gasteiger partial charge >= 0.3 is 5.97 Å². The highest BCUT2D eigenvalue weighted by Gasteiger charge is 2.17. The molecule has 110 valence electrons. The van der Waals surface area contributed by atoms with Gasteiger partial charge in [-0.05, 0) is 24.8 Å². The second-order valence-electron chi connectivity index (χ2n) is 5.25. The molecule has 0 aliphatic heterocycles. The first-order chi connectivity index (χ1) is 10.2. The second-order valence-corrected chi connectivity index (χ2v) is 5.25. The van der Waals surface area contributed by atoms with E-state index in [0.29, 0.717) is 18.9 Å². The lowest BCUT2D eigenvalue weighted by Gasteiger charge is -2.13. The fourth-order valence-electron chi connectivity index (χ4n) is 2.38. The maximum atomic E-state index is 11.9. The first-order valence-electron chi connectivity index (χ1n) is 7.48. The minimum absolute atomic E-state index is 0.200. The summed E-state index contributed by atoms with van der Waals surface area (Å²) in [7, 11) is 0. The van der Waals surface area contributed by atoms with Gasteiger partial charge in [-0.15, -0.1) is 0 Å². The van der Waals surface area contributed by atoms with Crippen molar-refractivity contribution in [2.45, 2.75) is 20.3 Å². The molecule has 0 aromatic heterocycles. The van der Waals surface area contributed by atoms with Crippen LogP contribution in [0.25, 0.3) is 6.08 Å². The van der Waals surface area contributed by atoms with Crippen LogP contribution in [0.2, 0.25) is 0 Å². The summed E-state index contributed by atoms with van der Waals surface area (Å²) in [5, 5.41) is 0. The predicted octanol–water partition coefficient (Wildman–Crippen LogP) is 4.40. The minimum atomic E-state index is -0.200. The molecule has 0 saturated carbocycles. The zero-order valence-corrected chi connectivity index (χ0v) is 12.7. The molecule has 0 amide bonds. The van der Waals surface area contributed by atoms with E-state index in [9.17, 15) is 4.79 Å². The molecule has 1 aliphatic carbocycles. The quantitative estimate of drug-likeness (QED) is 0.604. The molecule has 2 nitrogen and oxygen atoms in total. The maximum Gasteiger partial charge on any atom is 0.334 e. The Bertz CT molecular complexity index is 552. The molecular formula is C19H22O2. The van der Waals surface area contributed by atoms with Crippen molar-refractivity contribution in [2.24, 2.45) is 11.8 Å². The van der Waals surface area contributed by atoms with Crippen molar-refractivity contribution >= 4 is 12.0 Å². The molecule has 0 radical (unpaired) electrons. The van der Waals surface area contributed by atoms with Crippen molar-refractivity contribution in [2.75, 3.05) is 6.61 Å². The van der Waals surface area contributed by atoms with E-state index in [4.69, 9.17) is 4.74 Å². The lowest BCUT2D eigenvalue weighted by atomic mass is 9.92. The average molecular weight is 282 g/mol. The molecule has 2 rings (SSSR count). The number of benzene rings is 1. The highest BCUT2D eigenvalue weighted by atomic mass is 16.5. The Morgan fingerprint density at radius 3 is 2.81 bits per heavy atom. The summed E-state index contributed by atoms with van der Waals surface area (Å²) in [5.41, 5.74) is 1.92. The number of rotatable bonds is 4. The topological polar surface area (TPSA) is 26.3 Å². The lowest BCUT2D eigenvalue weighted by Crippen LogP contribution is -2.09. The van der Waals surface area contributed by atoms with Crippen molar-refractivity contribution < 1.29 is 9.53 Å². The van der Waals surface area contributed by atoms with E-state index < -0.39 is 0 Å². The van der Waals surface area contributed by atoms with E-state index >= 15 is 0 Å². The van der Waals surface area contributed by atoms with Crippen LogP contribution in [0, 0.1) is 11.8 Å². The standard InChI is InChI=1S/C19H22O2/c1-3-21-19(20)18-11-7-8-15(2)17(14-18)13-12-16-9-5-4-6-10-16/h4-10,12-15,17H,3,11H2,1-2H3/b13-12+/t15?,17-/m0/s1. The van der Waals surface area contributed by atoms with Crippen LogP contribution in [0.4, 0.5) is 0 Å². The van der Waals surface area contributed by atoms with E-state index in [-0.39, 0.29) is 11.9 Å². The monoisotopic (exact) mass is 282 g/mol. The summed E-state index contributed by atoms with van der Waals surface area (Å²) in [6, 6.07) is 10.2. The molecule has 0 fully saturated rings. The number of allylic oxidation sites excluding steroid dienone is 4. The lowest BCUT2D eigenvalue weighted by molar-refractivity contribution is -0.138. The molecule has 1 aliphatic rings. The fourth-order valence-corrected chi connectivity index (χ4v) is 2.38. The molecule has 0 saturated heterocycles. The summed E-state index contributed by atoms with van der Waals surface area (Å²) in [6.45, 7) is 4.42. The molecule has 21 heavy (non-hydrogen) atoms. The minimum Gasteiger partial charge on any atom is -0.463 e. The molecule has 1 aromatic rings. The van der Waals surface area contributed by atoms with Crippen LogP contribution in [0.5, 0.6) is 0 Å². The number of carbonyl (C=O) groups is 1. The fraction of sp³-hybridized carbons (Fsp3) is 0.316. The average Bonchev–Trinajstić information content (AvgIpc) is 2.68. The molecule has 2 heteroatoms. The van der Waals surface area contributed by atoms with Crippen molar-refractivity contribution in [3.05, 3.63) is 65.8 Å². The third-order valence-corrected chi connectivity index (χ3v) is 3.63. The van der Waals surface area contributed by atoms with Crippen LogP contribution in [0.1, 0.15) is 25.8 Å². The van der Waals surface area contributed by atoms with Gasteiger partial charge in [-0.25, -0.2) is 4.79 Å². The van der Waals surface area contributed by atoms with E-state index in [1.54, 1.807) is 0 Å². The summed E-state index contributed by atoms with van der Waals surface area (Å²) < 4.78 is 5.12. The summed E-state index contributed by atoms with van der Waals surface area (Å²) in [4.78, 5) is 11.9. The molecule has 0 N–H and O–H groups in total. The Balaban J connectivity index is 2.18. The summed E-state index contributed by atoms with van der Waals surface area (Å²) in [6.07, 6.45) is 11.2. The largest absolute Gasteiger partial charge is 0.463 e. The van der Waals surface area contributed by atoms with Gasteiger partial charge in [0.05, 0.1) is 6.61 Å². The van der Waals surface area contributed by atoms with E-state index in [1.165, 1.54) is 5.56 Å². The molecule has 0 bridgehead atoms. The van der Waals surface area contributed by atoms with Crippen molar-refractivity contribution in [1.82, 2.24) is 0 Å². The summed E-state index contributed by atoms with van der Waals surface area (Å²) in [5.74, 6) is 0.384. The number of carbonyl (C=O) groups excluding carboxylic acids is 1. The van der Waals surface area contributed by atoms with Crippen molar-refractivity contribution in [3.8, 4) is 0 Å². The Morgan fingerprint density at radius 1 is 1.33 bits per heavy atom. The Morgan fingerprint density at radius 2 is 2.10 bits per heavy atom. The number of hydrogen-bond donors (Lipinski definition) is 0. The second kappa shape index (κ2) is 7.63. The van der Waals surface area contributed by atoms with Crippen molar-refractivity contribution in [3.63, 3.8) is 0 Å². The van der Waals surface area contributed by atoms with Crippen molar-refractivity contribution in [1.29, 1.82) is 0 Å². The Hall–Kier alpha value is -2.09. The molecule has 2 atom stereocenters. The van der Waals surface area contributed by atoms with Crippen LogP contribution in [-0.2, 0) is 9.53 Å². The summed E-state index contributed by atoms with van der Waals surface area (Å²) >= 11 is 0. The third kappa shape index (κ3) is 4.45. The van der Waals surface area contributed by atoms with Gasteiger partial charge in [0.1, 0.15) is 0 Å². The number of esters is 1. The molecular weight excluding hydrogens is 260 g/mol. The van der Waals surface area contributed by atoms with E-state index in [2.05, 4.69) is 43.4 Å². The van der Waals surface area contributed by atoms with Crippen LogP contribution in [-0.4, -0.2) is 12.6 Å². The molecule has 1 aromatic carbocycles. The molecule has 0 heterocycles.